The van der Waals surface area contributed by atoms with Crippen LogP contribution in [0.5, 0.6) is 5.75 Å². The van der Waals surface area contributed by atoms with E-state index in [0.29, 0.717) is 5.69 Å². The van der Waals surface area contributed by atoms with Crippen molar-refractivity contribution in [1.29, 1.82) is 0 Å². The van der Waals surface area contributed by atoms with Gasteiger partial charge in [0.15, 0.2) is 0 Å². The van der Waals surface area contributed by atoms with Crippen LogP contribution in [0.4, 0.5) is 5.69 Å². The van der Waals surface area contributed by atoms with Crippen molar-refractivity contribution in [1.82, 2.24) is 9.78 Å². The highest BCUT2D eigenvalue weighted by molar-refractivity contribution is 5.51. The Morgan fingerprint density at radius 3 is 2.81 bits per heavy atom. The van der Waals surface area contributed by atoms with Crippen LogP contribution >= 0.6 is 0 Å². The minimum atomic E-state index is 0.716. The van der Waals surface area contributed by atoms with E-state index in [1.165, 1.54) is 0 Å². The lowest BCUT2D eigenvalue weighted by molar-refractivity contribution is 0.411. The van der Waals surface area contributed by atoms with Crippen LogP contribution in [-0.4, -0.2) is 16.9 Å². The molecule has 0 aliphatic carbocycles. The molecule has 2 rings (SSSR count). The SMILES string of the molecule is CCc1c(N)cnn1-c1ccccc1OC. The van der Waals surface area contributed by atoms with Gasteiger partial charge in [0.1, 0.15) is 11.4 Å². The molecule has 16 heavy (non-hydrogen) atoms. The summed E-state index contributed by atoms with van der Waals surface area (Å²) in [5.41, 5.74) is 8.49. The fourth-order valence-corrected chi connectivity index (χ4v) is 1.75. The fraction of sp³-hybridized carbons (Fsp3) is 0.250. The monoisotopic (exact) mass is 217 g/mol. The van der Waals surface area contributed by atoms with E-state index in [0.717, 1.165) is 23.6 Å². The maximum atomic E-state index is 5.86. The predicted molar refractivity (Wildman–Crippen MR) is 63.9 cm³/mol. The van der Waals surface area contributed by atoms with E-state index in [9.17, 15) is 0 Å². The van der Waals surface area contributed by atoms with Gasteiger partial charge in [0.2, 0.25) is 0 Å². The van der Waals surface area contributed by atoms with Crippen molar-refractivity contribution in [2.75, 3.05) is 12.8 Å². The van der Waals surface area contributed by atoms with Crippen molar-refractivity contribution in [3.63, 3.8) is 0 Å². The Morgan fingerprint density at radius 2 is 2.12 bits per heavy atom. The van der Waals surface area contributed by atoms with Gasteiger partial charge < -0.3 is 10.5 Å². The molecule has 1 aromatic carbocycles. The minimum Gasteiger partial charge on any atom is -0.494 e. The number of methoxy groups -OCH3 is 1. The Hall–Kier alpha value is -1.97. The topological polar surface area (TPSA) is 53.1 Å². The van der Waals surface area contributed by atoms with Crippen LogP contribution in [-0.2, 0) is 6.42 Å². The van der Waals surface area contributed by atoms with Crippen molar-refractivity contribution in [2.45, 2.75) is 13.3 Å². The molecule has 0 unspecified atom stereocenters. The normalized spacial score (nSPS) is 10.4. The molecule has 0 spiro atoms. The van der Waals surface area contributed by atoms with Gasteiger partial charge in [0.25, 0.3) is 0 Å². The lowest BCUT2D eigenvalue weighted by Gasteiger charge is -2.10. The van der Waals surface area contributed by atoms with Crippen LogP contribution in [0.1, 0.15) is 12.6 Å². The molecule has 1 heterocycles. The van der Waals surface area contributed by atoms with Crippen molar-refractivity contribution in [3.05, 3.63) is 36.2 Å². The Kier molecular flexibility index (Phi) is 2.81. The first-order valence-corrected chi connectivity index (χ1v) is 5.23. The number of hydrogen-bond donors (Lipinski definition) is 1. The summed E-state index contributed by atoms with van der Waals surface area (Å²) in [5, 5.41) is 4.28. The summed E-state index contributed by atoms with van der Waals surface area (Å²) >= 11 is 0. The summed E-state index contributed by atoms with van der Waals surface area (Å²) < 4.78 is 7.13. The third-order valence-electron chi connectivity index (χ3n) is 2.55. The Morgan fingerprint density at radius 1 is 1.38 bits per heavy atom. The smallest absolute Gasteiger partial charge is 0.144 e. The first kappa shape index (κ1) is 10.5. The zero-order valence-corrected chi connectivity index (χ0v) is 9.47. The van der Waals surface area contributed by atoms with E-state index in [4.69, 9.17) is 10.5 Å². The summed E-state index contributed by atoms with van der Waals surface area (Å²) in [6, 6.07) is 7.76. The zero-order valence-electron chi connectivity index (χ0n) is 9.47. The highest BCUT2D eigenvalue weighted by Gasteiger charge is 2.11. The number of nitrogen functional groups attached to an aromatic ring is 1. The van der Waals surface area contributed by atoms with Crippen LogP contribution in [0.25, 0.3) is 5.69 Å². The van der Waals surface area contributed by atoms with Gasteiger partial charge in [-0.05, 0) is 18.6 Å². The fourth-order valence-electron chi connectivity index (χ4n) is 1.75. The van der Waals surface area contributed by atoms with Gasteiger partial charge >= 0.3 is 0 Å². The van der Waals surface area contributed by atoms with Crippen LogP contribution in [0.2, 0.25) is 0 Å². The van der Waals surface area contributed by atoms with E-state index in [-0.39, 0.29) is 0 Å². The third-order valence-corrected chi connectivity index (χ3v) is 2.55. The Balaban J connectivity index is 2.58. The molecule has 4 heteroatoms. The Bertz CT molecular complexity index is 491. The molecular weight excluding hydrogens is 202 g/mol. The van der Waals surface area contributed by atoms with Gasteiger partial charge in [-0.3, -0.25) is 0 Å². The molecule has 0 aliphatic rings. The molecule has 2 aromatic rings. The second-order valence-electron chi connectivity index (χ2n) is 3.48. The number of anilines is 1. The molecule has 0 amide bonds. The number of aromatic nitrogens is 2. The number of para-hydroxylation sites is 2. The van der Waals surface area contributed by atoms with Gasteiger partial charge in [-0.25, -0.2) is 4.68 Å². The van der Waals surface area contributed by atoms with E-state index < -0.39 is 0 Å². The minimum absolute atomic E-state index is 0.716. The molecule has 0 bridgehead atoms. The number of ether oxygens (including phenoxy) is 1. The van der Waals surface area contributed by atoms with Crippen LogP contribution in [0, 0.1) is 0 Å². The van der Waals surface area contributed by atoms with Crippen molar-refractivity contribution in [3.8, 4) is 11.4 Å². The molecule has 0 saturated carbocycles. The van der Waals surface area contributed by atoms with Gasteiger partial charge in [-0.1, -0.05) is 19.1 Å². The maximum absolute atomic E-state index is 5.86. The first-order chi connectivity index (χ1) is 7.77. The van der Waals surface area contributed by atoms with Crippen molar-refractivity contribution >= 4 is 5.69 Å². The lowest BCUT2D eigenvalue weighted by Crippen LogP contribution is -2.04. The largest absolute Gasteiger partial charge is 0.494 e. The second-order valence-corrected chi connectivity index (χ2v) is 3.48. The quantitative estimate of drug-likeness (QED) is 0.855. The standard InChI is InChI=1S/C12H15N3O/c1-3-10-9(13)8-14-15(10)11-6-4-5-7-12(11)16-2/h4-8H,3,13H2,1-2H3. The van der Waals surface area contributed by atoms with E-state index in [2.05, 4.69) is 12.0 Å². The summed E-state index contributed by atoms with van der Waals surface area (Å²) in [6.07, 6.45) is 2.51. The molecule has 0 atom stereocenters. The number of nitrogens with two attached hydrogens (primary N) is 1. The van der Waals surface area contributed by atoms with E-state index in [1.807, 2.05) is 28.9 Å². The number of nitrogens with zero attached hydrogens (tertiary/aromatic N) is 2. The summed E-state index contributed by atoms with van der Waals surface area (Å²) in [6.45, 7) is 2.05. The second kappa shape index (κ2) is 4.26. The van der Waals surface area contributed by atoms with Gasteiger partial charge in [-0.15, -0.1) is 0 Å². The molecular formula is C12H15N3O. The molecule has 2 N–H and O–H groups in total. The molecule has 0 radical (unpaired) electrons. The highest BCUT2D eigenvalue weighted by Crippen LogP contribution is 2.25. The average molecular weight is 217 g/mol. The number of benzene rings is 1. The van der Waals surface area contributed by atoms with E-state index in [1.54, 1.807) is 13.3 Å². The maximum Gasteiger partial charge on any atom is 0.144 e. The molecule has 0 fully saturated rings. The van der Waals surface area contributed by atoms with Crippen LogP contribution in [0.15, 0.2) is 30.5 Å². The van der Waals surface area contributed by atoms with Gasteiger partial charge in [-0.2, -0.15) is 5.10 Å². The Labute approximate surface area is 94.6 Å². The summed E-state index contributed by atoms with van der Waals surface area (Å²) in [7, 11) is 1.65. The van der Waals surface area contributed by atoms with E-state index >= 15 is 0 Å². The van der Waals surface area contributed by atoms with Crippen molar-refractivity contribution in [2.24, 2.45) is 0 Å². The first-order valence-electron chi connectivity index (χ1n) is 5.23. The summed E-state index contributed by atoms with van der Waals surface area (Å²) in [4.78, 5) is 0. The molecule has 84 valence electrons. The number of hydrogen-bond acceptors (Lipinski definition) is 3. The predicted octanol–water partition coefficient (Wildman–Crippen LogP) is 2.03. The van der Waals surface area contributed by atoms with Crippen molar-refractivity contribution < 1.29 is 4.74 Å². The molecule has 0 saturated heterocycles. The lowest BCUT2D eigenvalue weighted by atomic mass is 10.2. The average Bonchev–Trinajstić information content (AvgIpc) is 2.70. The van der Waals surface area contributed by atoms with Gasteiger partial charge in [0.05, 0.1) is 24.7 Å². The van der Waals surface area contributed by atoms with Crippen LogP contribution < -0.4 is 10.5 Å². The third kappa shape index (κ3) is 1.62. The summed E-state index contributed by atoms with van der Waals surface area (Å²) in [5.74, 6) is 0.792. The van der Waals surface area contributed by atoms with Gasteiger partial charge in [0, 0.05) is 0 Å². The highest BCUT2D eigenvalue weighted by atomic mass is 16.5. The van der Waals surface area contributed by atoms with Crippen LogP contribution in [0.3, 0.4) is 0 Å². The number of rotatable bonds is 3. The molecule has 4 nitrogen and oxygen atoms in total. The molecule has 0 aliphatic heterocycles. The zero-order chi connectivity index (χ0) is 11.5. The molecule has 1 aromatic heterocycles.